The lowest BCUT2D eigenvalue weighted by atomic mass is 9.90. The molecule has 1 aliphatic rings. The van der Waals surface area contributed by atoms with Crippen molar-refractivity contribution >= 4 is 18.3 Å². The van der Waals surface area contributed by atoms with Gasteiger partial charge in [-0.15, -0.1) is 12.4 Å². The Morgan fingerprint density at radius 3 is 2.32 bits per heavy atom. The van der Waals surface area contributed by atoms with Gasteiger partial charge in [-0.25, -0.2) is 0 Å². The molecule has 0 heterocycles. The molecule has 1 amide bonds. The largest absolute Gasteiger partial charge is 0.352 e. The molecular formula is C15H31ClN2O. The normalized spacial score (nSPS) is 18.8. The van der Waals surface area contributed by atoms with Crippen LogP contribution in [0, 0.1) is 5.92 Å². The molecule has 19 heavy (non-hydrogen) atoms. The van der Waals surface area contributed by atoms with E-state index in [-0.39, 0.29) is 30.3 Å². The highest BCUT2D eigenvalue weighted by atomic mass is 35.5. The number of carbonyl (C=O) groups is 1. The summed E-state index contributed by atoms with van der Waals surface area (Å²) < 4.78 is 0. The Labute approximate surface area is 124 Å². The van der Waals surface area contributed by atoms with Gasteiger partial charge in [0.25, 0.3) is 0 Å². The molecule has 0 aromatic carbocycles. The van der Waals surface area contributed by atoms with Gasteiger partial charge in [0.1, 0.15) is 0 Å². The van der Waals surface area contributed by atoms with Gasteiger partial charge in [-0.2, -0.15) is 0 Å². The topological polar surface area (TPSA) is 55.1 Å². The quantitative estimate of drug-likeness (QED) is 0.788. The van der Waals surface area contributed by atoms with Crippen molar-refractivity contribution in [3.63, 3.8) is 0 Å². The second-order valence-corrected chi connectivity index (χ2v) is 5.63. The fourth-order valence-electron chi connectivity index (χ4n) is 2.74. The van der Waals surface area contributed by atoms with Crippen LogP contribution in [0.15, 0.2) is 0 Å². The highest BCUT2D eigenvalue weighted by Gasteiger charge is 2.21. The van der Waals surface area contributed by atoms with Crippen molar-refractivity contribution < 1.29 is 4.79 Å². The smallest absolute Gasteiger partial charge is 0.223 e. The van der Waals surface area contributed by atoms with Crippen LogP contribution in [0.3, 0.4) is 0 Å². The summed E-state index contributed by atoms with van der Waals surface area (Å²) in [5, 5.41) is 3.16. The maximum atomic E-state index is 12.2. The Bertz CT molecular complexity index is 228. The summed E-state index contributed by atoms with van der Waals surface area (Å²) in [5.41, 5.74) is 5.73. The standard InChI is InChI=1S/C15H30N2O.ClH/c1-2-3-11-14(12-16)17-15(18)13-9-7-5-4-6-8-10-13;/h13-14H,2-12,16H2,1H3,(H,17,18);1H. The minimum Gasteiger partial charge on any atom is -0.352 e. The summed E-state index contributed by atoms with van der Waals surface area (Å²) in [6.07, 6.45) is 11.8. The van der Waals surface area contributed by atoms with Crippen LogP contribution < -0.4 is 11.1 Å². The second kappa shape index (κ2) is 11.5. The Balaban J connectivity index is 0.00000324. The van der Waals surface area contributed by atoms with Gasteiger partial charge in [-0.1, -0.05) is 51.9 Å². The number of nitrogens with two attached hydrogens (primary N) is 1. The lowest BCUT2D eigenvalue weighted by Gasteiger charge is -2.23. The maximum absolute atomic E-state index is 12.2. The molecule has 0 spiro atoms. The highest BCUT2D eigenvalue weighted by Crippen LogP contribution is 2.22. The molecule has 0 saturated heterocycles. The second-order valence-electron chi connectivity index (χ2n) is 5.63. The van der Waals surface area contributed by atoms with Crippen LogP contribution in [0.4, 0.5) is 0 Å². The van der Waals surface area contributed by atoms with Crippen molar-refractivity contribution in [1.29, 1.82) is 0 Å². The minimum absolute atomic E-state index is 0. The first-order valence-corrected chi connectivity index (χ1v) is 7.78. The number of amides is 1. The number of hydrogen-bond donors (Lipinski definition) is 2. The molecular weight excluding hydrogens is 260 g/mol. The fraction of sp³-hybridized carbons (Fsp3) is 0.933. The van der Waals surface area contributed by atoms with Gasteiger partial charge >= 0.3 is 0 Å². The van der Waals surface area contributed by atoms with E-state index in [0.717, 1.165) is 32.1 Å². The summed E-state index contributed by atoms with van der Waals surface area (Å²) >= 11 is 0. The molecule has 1 aliphatic carbocycles. The molecule has 114 valence electrons. The monoisotopic (exact) mass is 290 g/mol. The molecule has 1 saturated carbocycles. The fourth-order valence-corrected chi connectivity index (χ4v) is 2.74. The van der Waals surface area contributed by atoms with Crippen LogP contribution in [0.1, 0.15) is 71.1 Å². The summed E-state index contributed by atoms with van der Waals surface area (Å²) in [6, 6.07) is 0.183. The van der Waals surface area contributed by atoms with Crippen LogP contribution in [-0.4, -0.2) is 18.5 Å². The van der Waals surface area contributed by atoms with E-state index in [4.69, 9.17) is 5.73 Å². The predicted molar refractivity (Wildman–Crippen MR) is 83.6 cm³/mol. The van der Waals surface area contributed by atoms with E-state index >= 15 is 0 Å². The Kier molecular flexibility index (Phi) is 11.4. The Morgan fingerprint density at radius 2 is 1.79 bits per heavy atom. The molecule has 1 rings (SSSR count). The zero-order chi connectivity index (χ0) is 13.2. The van der Waals surface area contributed by atoms with Gasteiger partial charge in [-0.3, -0.25) is 4.79 Å². The third kappa shape index (κ3) is 7.78. The lowest BCUT2D eigenvalue weighted by molar-refractivity contribution is -0.126. The van der Waals surface area contributed by atoms with Crippen molar-refractivity contribution in [3.8, 4) is 0 Å². The van der Waals surface area contributed by atoms with Crippen LogP contribution in [0.5, 0.6) is 0 Å². The van der Waals surface area contributed by atoms with Crippen molar-refractivity contribution in [3.05, 3.63) is 0 Å². The number of hydrogen-bond acceptors (Lipinski definition) is 2. The van der Waals surface area contributed by atoms with Crippen LogP contribution in [0.25, 0.3) is 0 Å². The first kappa shape index (κ1) is 18.7. The zero-order valence-corrected chi connectivity index (χ0v) is 13.1. The SMILES string of the molecule is CCCCC(CN)NC(=O)C1CCCCCCC1.Cl. The van der Waals surface area contributed by atoms with Gasteiger partial charge in [0.15, 0.2) is 0 Å². The number of carbonyl (C=O) groups excluding carboxylic acids is 1. The van der Waals surface area contributed by atoms with Crippen molar-refractivity contribution in [2.24, 2.45) is 11.7 Å². The molecule has 0 aromatic rings. The summed E-state index contributed by atoms with van der Waals surface area (Å²) in [4.78, 5) is 12.2. The van der Waals surface area contributed by atoms with Gasteiger partial charge in [0, 0.05) is 18.5 Å². The molecule has 0 bridgehead atoms. The summed E-state index contributed by atoms with van der Waals surface area (Å²) in [5.74, 6) is 0.490. The van der Waals surface area contributed by atoms with Gasteiger partial charge in [0.2, 0.25) is 5.91 Å². The summed E-state index contributed by atoms with van der Waals surface area (Å²) in [7, 11) is 0. The molecule has 3 N–H and O–H groups in total. The number of unbranched alkanes of at least 4 members (excludes halogenated alkanes) is 1. The molecule has 3 nitrogen and oxygen atoms in total. The Hall–Kier alpha value is -0.280. The molecule has 0 radical (unpaired) electrons. The number of rotatable bonds is 6. The number of halogens is 1. The van der Waals surface area contributed by atoms with E-state index in [1.165, 1.54) is 32.1 Å². The molecule has 0 aromatic heterocycles. The van der Waals surface area contributed by atoms with E-state index in [2.05, 4.69) is 12.2 Å². The lowest BCUT2D eigenvalue weighted by Crippen LogP contribution is -2.43. The van der Waals surface area contributed by atoms with Crippen molar-refractivity contribution in [2.75, 3.05) is 6.54 Å². The predicted octanol–water partition coefficient (Wildman–Crippen LogP) is 3.40. The molecule has 1 atom stereocenters. The minimum atomic E-state index is 0. The van der Waals surface area contributed by atoms with E-state index in [0.29, 0.717) is 6.54 Å². The van der Waals surface area contributed by atoms with E-state index in [1.807, 2.05) is 0 Å². The van der Waals surface area contributed by atoms with Crippen LogP contribution in [0.2, 0.25) is 0 Å². The zero-order valence-electron chi connectivity index (χ0n) is 12.3. The average molecular weight is 291 g/mol. The average Bonchev–Trinajstić information content (AvgIpc) is 2.33. The van der Waals surface area contributed by atoms with Gasteiger partial charge in [0.05, 0.1) is 0 Å². The van der Waals surface area contributed by atoms with Crippen LogP contribution in [-0.2, 0) is 4.79 Å². The molecule has 1 fully saturated rings. The first-order chi connectivity index (χ1) is 8.77. The number of nitrogens with one attached hydrogen (secondary N) is 1. The molecule has 4 heteroatoms. The van der Waals surface area contributed by atoms with Gasteiger partial charge < -0.3 is 11.1 Å². The van der Waals surface area contributed by atoms with Gasteiger partial charge in [-0.05, 0) is 19.3 Å². The van der Waals surface area contributed by atoms with E-state index < -0.39 is 0 Å². The van der Waals surface area contributed by atoms with Crippen LogP contribution >= 0.6 is 12.4 Å². The van der Waals surface area contributed by atoms with E-state index in [9.17, 15) is 4.79 Å². The third-order valence-electron chi connectivity index (χ3n) is 4.01. The van der Waals surface area contributed by atoms with Crippen molar-refractivity contribution in [1.82, 2.24) is 5.32 Å². The third-order valence-corrected chi connectivity index (χ3v) is 4.01. The first-order valence-electron chi connectivity index (χ1n) is 7.78. The molecule has 0 aliphatic heterocycles. The van der Waals surface area contributed by atoms with Crippen molar-refractivity contribution in [2.45, 2.75) is 77.2 Å². The Morgan fingerprint density at radius 1 is 1.21 bits per heavy atom. The maximum Gasteiger partial charge on any atom is 0.223 e. The van der Waals surface area contributed by atoms with E-state index in [1.54, 1.807) is 0 Å². The highest BCUT2D eigenvalue weighted by molar-refractivity contribution is 5.85. The summed E-state index contributed by atoms with van der Waals surface area (Å²) in [6.45, 7) is 2.74. The molecule has 1 unspecified atom stereocenters.